The van der Waals surface area contributed by atoms with Crippen molar-refractivity contribution < 1.29 is 8.42 Å². The molecule has 2 aliphatic heterocycles. The average molecular weight is 296 g/mol. The Hall–Kier alpha value is -0.810. The van der Waals surface area contributed by atoms with Crippen LogP contribution in [0.4, 0.5) is 0 Å². The Bertz CT molecular complexity index is 498. The molecule has 2 heterocycles. The zero-order chi connectivity index (χ0) is 14.2. The lowest BCUT2D eigenvalue weighted by atomic mass is 9.75. The van der Waals surface area contributed by atoms with Gasteiger partial charge < -0.3 is 0 Å². The summed E-state index contributed by atoms with van der Waals surface area (Å²) in [4.78, 5) is 0. The van der Waals surface area contributed by atoms with Crippen molar-refractivity contribution in [3.8, 4) is 0 Å². The van der Waals surface area contributed by atoms with E-state index in [2.05, 4.69) is 19.1 Å². The Morgan fingerprint density at radius 3 is 2.10 bits per heavy atom. The van der Waals surface area contributed by atoms with E-state index < -0.39 is 10.2 Å². The summed E-state index contributed by atoms with van der Waals surface area (Å²) in [7, 11) is -3.34. The van der Waals surface area contributed by atoms with E-state index >= 15 is 0 Å². The molecule has 3 aliphatic rings. The molecule has 0 bridgehead atoms. The molecule has 0 radical (unpaired) electrons. The van der Waals surface area contributed by atoms with Gasteiger partial charge in [0.1, 0.15) is 0 Å². The first kappa shape index (κ1) is 14.1. The van der Waals surface area contributed by atoms with E-state index in [-0.39, 0.29) is 0 Å². The molecule has 4 nitrogen and oxygen atoms in total. The van der Waals surface area contributed by atoms with Crippen molar-refractivity contribution in [3.63, 3.8) is 0 Å². The fraction of sp³-hybridized carbons (Fsp3) is 0.733. The first-order valence-corrected chi connectivity index (χ1v) is 9.07. The molecule has 1 aliphatic carbocycles. The van der Waals surface area contributed by atoms with Crippen LogP contribution in [0.5, 0.6) is 0 Å². The summed E-state index contributed by atoms with van der Waals surface area (Å²) in [5, 5.41) is 0. The molecule has 0 aromatic rings. The molecule has 0 amide bonds. The lowest BCUT2D eigenvalue weighted by Gasteiger charge is -2.33. The maximum atomic E-state index is 12.4. The highest BCUT2D eigenvalue weighted by Gasteiger charge is 2.36. The second-order valence-corrected chi connectivity index (χ2v) is 8.35. The van der Waals surface area contributed by atoms with Crippen molar-refractivity contribution >= 4 is 10.2 Å². The SMILES string of the molecule is CC1(C2C=CN(S(=O)(=O)N3CCCC3)C=C2)CCCC1. The van der Waals surface area contributed by atoms with Gasteiger partial charge in [0.2, 0.25) is 0 Å². The zero-order valence-corrected chi connectivity index (χ0v) is 13.0. The van der Waals surface area contributed by atoms with Crippen molar-refractivity contribution in [2.24, 2.45) is 11.3 Å². The van der Waals surface area contributed by atoms with Crippen LogP contribution >= 0.6 is 0 Å². The summed E-state index contributed by atoms with van der Waals surface area (Å²) in [6, 6.07) is 0. The van der Waals surface area contributed by atoms with Gasteiger partial charge >= 0.3 is 10.2 Å². The van der Waals surface area contributed by atoms with Crippen LogP contribution in [-0.2, 0) is 10.2 Å². The molecule has 1 saturated carbocycles. The van der Waals surface area contributed by atoms with Crippen LogP contribution < -0.4 is 0 Å². The van der Waals surface area contributed by atoms with Crippen molar-refractivity contribution in [1.29, 1.82) is 0 Å². The molecule has 3 rings (SSSR count). The Balaban J connectivity index is 1.72. The molecule has 5 heteroatoms. The fourth-order valence-electron chi connectivity index (χ4n) is 3.66. The van der Waals surface area contributed by atoms with Crippen molar-refractivity contribution in [1.82, 2.24) is 8.61 Å². The minimum Gasteiger partial charge on any atom is -0.241 e. The minimum atomic E-state index is -3.34. The second kappa shape index (κ2) is 5.19. The predicted octanol–water partition coefficient (Wildman–Crippen LogP) is 2.87. The van der Waals surface area contributed by atoms with Crippen LogP contribution in [0.25, 0.3) is 0 Å². The van der Waals surface area contributed by atoms with E-state index in [0.717, 1.165) is 12.8 Å². The third-order valence-electron chi connectivity index (χ3n) is 5.09. The third kappa shape index (κ3) is 2.42. The maximum Gasteiger partial charge on any atom is 0.307 e. The molecule has 0 atom stereocenters. The predicted molar refractivity (Wildman–Crippen MR) is 79.9 cm³/mol. The minimum absolute atomic E-state index is 0.316. The molecular weight excluding hydrogens is 272 g/mol. The third-order valence-corrected chi connectivity index (χ3v) is 6.88. The van der Waals surface area contributed by atoms with Gasteiger partial charge in [-0.2, -0.15) is 12.7 Å². The van der Waals surface area contributed by atoms with E-state index in [0.29, 0.717) is 24.4 Å². The van der Waals surface area contributed by atoms with Crippen LogP contribution in [0.3, 0.4) is 0 Å². The zero-order valence-electron chi connectivity index (χ0n) is 12.2. The number of rotatable bonds is 3. The molecule has 0 N–H and O–H groups in total. The van der Waals surface area contributed by atoms with Gasteiger partial charge in [-0.3, -0.25) is 0 Å². The molecular formula is C15H24N2O2S. The second-order valence-electron chi connectivity index (χ2n) is 6.51. The summed E-state index contributed by atoms with van der Waals surface area (Å²) in [5.41, 5.74) is 0.316. The topological polar surface area (TPSA) is 40.6 Å². The fourth-order valence-corrected chi connectivity index (χ4v) is 5.09. The first-order valence-electron chi connectivity index (χ1n) is 7.68. The smallest absolute Gasteiger partial charge is 0.241 e. The lowest BCUT2D eigenvalue weighted by molar-refractivity contribution is 0.272. The van der Waals surface area contributed by atoms with E-state index in [1.807, 2.05) is 0 Å². The highest BCUT2D eigenvalue weighted by molar-refractivity contribution is 7.87. The van der Waals surface area contributed by atoms with E-state index in [1.54, 1.807) is 16.7 Å². The quantitative estimate of drug-likeness (QED) is 0.803. The Kier molecular flexibility index (Phi) is 3.67. The molecule has 20 heavy (non-hydrogen) atoms. The van der Waals surface area contributed by atoms with Crippen LogP contribution in [-0.4, -0.2) is 30.1 Å². The Morgan fingerprint density at radius 2 is 1.55 bits per heavy atom. The van der Waals surface area contributed by atoms with Crippen molar-refractivity contribution in [3.05, 3.63) is 24.6 Å². The van der Waals surface area contributed by atoms with Gasteiger partial charge in [-0.25, -0.2) is 4.31 Å². The van der Waals surface area contributed by atoms with E-state index in [1.165, 1.54) is 30.0 Å². The highest BCUT2D eigenvalue weighted by atomic mass is 32.2. The van der Waals surface area contributed by atoms with Crippen LogP contribution in [0.2, 0.25) is 0 Å². The van der Waals surface area contributed by atoms with Gasteiger partial charge in [-0.05, 0) is 31.1 Å². The molecule has 0 spiro atoms. The van der Waals surface area contributed by atoms with Gasteiger partial charge in [0.05, 0.1) is 0 Å². The summed E-state index contributed by atoms with van der Waals surface area (Å²) in [6.07, 6.45) is 14.7. The molecule has 2 fully saturated rings. The van der Waals surface area contributed by atoms with Gasteiger partial charge in [0.25, 0.3) is 0 Å². The van der Waals surface area contributed by atoms with Crippen molar-refractivity contribution in [2.45, 2.75) is 45.4 Å². The average Bonchev–Trinajstić information content (AvgIpc) is 3.11. The molecule has 0 unspecified atom stereocenters. The van der Waals surface area contributed by atoms with Gasteiger partial charge in [0, 0.05) is 31.4 Å². The van der Waals surface area contributed by atoms with Crippen LogP contribution in [0, 0.1) is 11.3 Å². The molecule has 1 saturated heterocycles. The molecule has 0 aromatic heterocycles. The van der Waals surface area contributed by atoms with Crippen LogP contribution in [0.15, 0.2) is 24.6 Å². The van der Waals surface area contributed by atoms with Gasteiger partial charge in [-0.1, -0.05) is 31.9 Å². The summed E-state index contributed by atoms with van der Waals surface area (Å²) >= 11 is 0. The number of nitrogens with zero attached hydrogens (tertiary/aromatic N) is 2. The molecule has 112 valence electrons. The standard InChI is InChI=1S/C15H24N2O2S/c1-15(8-2-3-9-15)14-6-12-17(13-7-14)20(18,19)16-10-4-5-11-16/h6-7,12-14H,2-5,8-11H2,1H3. The summed E-state index contributed by atoms with van der Waals surface area (Å²) in [5.74, 6) is 0.370. The molecule has 0 aromatic carbocycles. The van der Waals surface area contributed by atoms with Gasteiger partial charge in [-0.15, -0.1) is 0 Å². The number of hydrogen-bond acceptors (Lipinski definition) is 2. The summed E-state index contributed by atoms with van der Waals surface area (Å²) < 4.78 is 27.9. The maximum absolute atomic E-state index is 12.4. The monoisotopic (exact) mass is 296 g/mol. The van der Waals surface area contributed by atoms with E-state index in [9.17, 15) is 8.42 Å². The van der Waals surface area contributed by atoms with Gasteiger partial charge in [0.15, 0.2) is 0 Å². The van der Waals surface area contributed by atoms with Crippen molar-refractivity contribution in [2.75, 3.05) is 13.1 Å². The first-order chi connectivity index (χ1) is 9.52. The Morgan fingerprint density at radius 1 is 1.00 bits per heavy atom. The highest BCUT2D eigenvalue weighted by Crippen LogP contribution is 2.46. The van der Waals surface area contributed by atoms with E-state index in [4.69, 9.17) is 0 Å². The normalized spacial score (nSPS) is 27.6. The van der Waals surface area contributed by atoms with Crippen LogP contribution in [0.1, 0.15) is 45.4 Å². The lowest BCUT2D eigenvalue weighted by Crippen LogP contribution is -2.38. The number of allylic oxidation sites excluding steroid dienone is 2. The number of hydrogen-bond donors (Lipinski definition) is 0. The summed E-state index contributed by atoms with van der Waals surface area (Å²) in [6.45, 7) is 3.63. The Labute approximate surface area is 122 Å². The largest absolute Gasteiger partial charge is 0.307 e.